The summed E-state index contributed by atoms with van der Waals surface area (Å²) in [6.07, 6.45) is 1.52. The summed E-state index contributed by atoms with van der Waals surface area (Å²) in [5.74, 6) is 0.688. The fraction of sp³-hybridized carbons (Fsp3) is 0.200. The van der Waals surface area contributed by atoms with Crippen LogP contribution in [0.15, 0.2) is 35.9 Å². The Bertz CT molecular complexity index is 969. The minimum atomic E-state index is -0.364. The predicted octanol–water partition coefficient (Wildman–Crippen LogP) is 5.18. The number of amides is 1. The maximum absolute atomic E-state index is 12.1. The number of rotatable bonds is 6. The molecule has 0 fully saturated rings. The predicted molar refractivity (Wildman–Crippen MR) is 119 cm³/mol. The number of ether oxygens (including phenoxy) is 2. The van der Waals surface area contributed by atoms with E-state index < -0.39 is 0 Å². The van der Waals surface area contributed by atoms with Gasteiger partial charge < -0.3 is 14.4 Å². The number of likely N-dealkylation sites (N-methyl/N-ethyl adjacent to an activating group) is 1. The van der Waals surface area contributed by atoms with E-state index in [9.17, 15) is 10.1 Å². The second kappa shape index (κ2) is 10.0. The van der Waals surface area contributed by atoms with Gasteiger partial charge in [0.1, 0.15) is 18.2 Å². The average Bonchev–Trinajstić information content (AvgIpc) is 2.66. The van der Waals surface area contributed by atoms with E-state index in [1.165, 1.54) is 18.1 Å². The van der Waals surface area contributed by atoms with E-state index in [2.05, 4.69) is 22.6 Å². The molecule has 146 valence electrons. The van der Waals surface area contributed by atoms with Gasteiger partial charge in [-0.1, -0.05) is 29.3 Å². The van der Waals surface area contributed by atoms with E-state index in [1.54, 1.807) is 32.3 Å². The molecule has 0 N–H and O–H groups in total. The Kier molecular flexibility index (Phi) is 7.98. The van der Waals surface area contributed by atoms with Crippen molar-refractivity contribution in [3.8, 4) is 17.6 Å². The van der Waals surface area contributed by atoms with Crippen LogP contribution in [0.5, 0.6) is 11.5 Å². The number of nitrogens with zero attached hydrogens (tertiary/aromatic N) is 2. The molecule has 0 aliphatic carbocycles. The lowest BCUT2D eigenvalue weighted by Gasteiger charge is -2.14. The fourth-order valence-corrected chi connectivity index (χ4v) is 3.40. The lowest BCUT2D eigenvalue weighted by Crippen LogP contribution is -2.22. The number of benzene rings is 2. The summed E-state index contributed by atoms with van der Waals surface area (Å²) in [6.45, 7) is 0.279. The Hall–Kier alpha value is -1.95. The van der Waals surface area contributed by atoms with Crippen molar-refractivity contribution in [3.05, 3.63) is 60.6 Å². The first kappa shape index (κ1) is 22.3. The van der Waals surface area contributed by atoms with Crippen LogP contribution in [0, 0.1) is 14.9 Å². The first-order chi connectivity index (χ1) is 13.3. The minimum absolute atomic E-state index is 0.0346. The van der Waals surface area contributed by atoms with E-state index in [4.69, 9.17) is 32.7 Å². The normalized spacial score (nSPS) is 11.0. The van der Waals surface area contributed by atoms with Crippen LogP contribution in [0.3, 0.4) is 0 Å². The zero-order valence-corrected chi connectivity index (χ0v) is 19.1. The Morgan fingerprint density at radius 2 is 1.96 bits per heavy atom. The Labute approximate surface area is 187 Å². The van der Waals surface area contributed by atoms with Gasteiger partial charge in [0.25, 0.3) is 5.91 Å². The molecule has 5 nitrogen and oxygen atoms in total. The highest BCUT2D eigenvalue weighted by Gasteiger charge is 2.15. The van der Waals surface area contributed by atoms with Gasteiger partial charge >= 0.3 is 0 Å². The van der Waals surface area contributed by atoms with Crippen LogP contribution in [0.2, 0.25) is 10.0 Å². The van der Waals surface area contributed by atoms with Crippen LogP contribution in [0.1, 0.15) is 11.1 Å². The molecule has 1 amide bonds. The van der Waals surface area contributed by atoms with Crippen molar-refractivity contribution in [2.24, 2.45) is 0 Å². The third-order valence-corrected chi connectivity index (χ3v) is 5.23. The average molecular weight is 531 g/mol. The first-order valence-corrected chi connectivity index (χ1v) is 9.88. The topological polar surface area (TPSA) is 62.6 Å². The largest absolute Gasteiger partial charge is 0.493 e. The number of hydrogen-bond acceptors (Lipinski definition) is 4. The summed E-state index contributed by atoms with van der Waals surface area (Å²) in [5.41, 5.74) is 1.56. The lowest BCUT2D eigenvalue weighted by atomic mass is 10.1. The molecule has 0 aliphatic heterocycles. The summed E-state index contributed by atoms with van der Waals surface area (Å²) in [5, 5.41) is 10.2. The molecule has 0 aliphatic rings. The van der Waals surface area contributed by atoms with Crippen LogP contribution in [0.4, 0.5) is 0 Å². The van der Waals surface area contributed by atoms with Crippen molar-refractivity contribution in [2.75, 3.05) is 21.2 Å². The molecule has 8 heteroatoms. The van der Waals surface area contributed by atoms with Crippen molar-refractivity contribution in [3.63, 3.8) is 0 Å². The maximum atomic E-state index is 12.1. The van der Waals surface area contributed by atoms with Gasteiger partial charge in [0.15, 0.2) is 11.5 Å². The summed E-state index contributed by atoms with van der Waals surface area (Å²) < 4.78 is 12.1. The summed E-state index contributed by atoms with van der Waals surface area (Å²) in [4.78, 5) is 13.4. The van der Waals surface area contributed by atoms with E-state index >= 15 is 0 Å². The third-order valence-electron chi connectivity index (χ3n) is 3.69. The molecular weight excluding hydrogens is 514 g/mol. The molecule has 0 saturated heterocycles. The maximum Gasteiger partial charge on any atom is 0.264 e. The van der Waals surface area contributed by atoms with Gasteiger partial charge in [-0.05, 0) is 64.1 Å². The van der Waals surface area contributed by atoms with Crippen LogP contribution in [0.25, 0.3) is 6.08 Å². The number of hydrogen-bond donors (Lipinski definition) is 0. The molecule has 2 aromatic rings. The molecule has 0 saturated carbocycles. The number of carbonyl (C=O) groups is 1. The standard InChI is InChI=1S/C20H17Cl2IN2O3/c1-25(2)20(26)14(10-24)6-13-8-17(23)19(18(9-13)27-3)28-11-12-4-5-15(21)16(22)7-12/h4-9H,11H2,1-3H3/b14-6-. The summed E-state index contributed by atoms with van der Waals surface area (Å²) in [6, 6.07) is 10.7. The highest BCUT2D eigenvalue weighted by molar-refractivity contribution is 14.1. The van der Waals surface area contributed by atoms with Crippen molar-refractivity contribution in [1.29, 1.82) is 5.26 Å². The van der Waals surface area contributed by atoms with Crippen molar-refractivity contribution in [2.45, 2.75) is 6.61 Å². The SMILES string of the molecule is COc1cc(/C=C(/C#N)C(=O)N(C)C)cc(I)c1OCc1ccc(Cl)c(Cl)c1. The van der Waals surface area contributed by atoms with E-state index in [-0.39, 0.29) is 18.1 Å². The van der Waals surface area contributed by atoms with E-state index in [0.29, 0.717) is 27.1 Å². The van der Waals surface area contributed by atoms with E-state index in [0.717, 1.165) is 9.13 Å². The molecular formula is C20H17Cl2IN2O3. The molecule has 0 unspecified atom stereocenters. The smallest absolute Gasteiger partial charge is 0.264 e. The molecule has 28 heavy (non-hydrogen) atoms. The molecule has 2 rings (SSSR count). The lowest BCUT2D eigenvalue weighted by molar-refractivity contribution is -0.124. The Balaban J connectivity index is 2.31. The van der Waals surface area contributed by atoms with Gasteiger partial charge in [0.05, 0.1) is 20.7 Å². The van der Waals surface area contributed by atoms with Gasteiger partial charge in [0.2, 0.25) is 0 Å². The molecule has 0 spiro atoms. The van der Waals surface area contributed by atoms with Crippen molar-refractivity contribution in [1.82, 2.24) is 4.90 Å². The van der Waals surface area contributed by atoms with Gasteiger partial charge in [-0.15, -0.1) is 0 Å². The molecule has 0 heterocycles. The van der Waals surface area contributed by atoms with Crippen LogP contribution in [-0.2, 0) is 11.4 Å². The third kappa shape index (κ3) is 5.53. The first-order valence-electron chi connectivity index (χ1n) is 8.04. The van der Waals surface area contributed by atoms with Crippen LogP contribution in [-0.4, -0.2) is 32.0 Å². The van der Waals surface area contributed by atoms with Crippen LogP contribution >= 0.6 is 45.8 Å². The van der Waals surface area contributed by atoms with Gasteiger partial charge in [-0.2, -0.15) is 5.26 Å². The van der Waals surface area contributed by atoms with Gasteiger partial charge in [0, 0.05) is 14.1 Å². The van der Waals surface area contributed by atoms with Crippen molar-refractivity contribution < 1.29 is 14.3 Å². The summed E-state index contributed by atoms with van der Waals surface area (Å²) in [7, 11) is 4.72. The van der Waals surface area contributed by atoms with Gasteiger partial charge in [-0.25, -0.2) is 0 Å². The second-order valence-corrected chi connectivity index (χ2v) is 7.92. The van der Waals surface area contributed by atoms with Crippen molar-refractivity contribution >= 4 is 57.8 Å². The number of nitriles is 1. The monoisotopic (exact) mass is 530 g/mol. The quantitative estimate of drug-likeness (QED) is 0.293. The molecule has 0 aromatic heterocycles. The highest BCUT2D eigenvalue weighted by Crippen LogP contribution is 2.35. The Morgan fingerprint density at radius 3 is 2.54 bits per heavy atom. The van der Waals surface area contributed by atoms with Crippen LogP contribution < -0.4 is 9.47 Å². The highest BCUT2D eigenvalue weighted by atomic mass is 127. The zero-order valence-electron chi connectivity index (χ0n) is 15.4. The number of methoxy groups -OCH3 is 1. The second-order valence-electron chi connectivity index (χ2n) is 5.94. The molecule has 0 atom stereocenters. The number of carbonyl (C=O) groups excluding carboxylic acids is 1. The number of halogens is 3. The zero-order chi connectivity index (χ0) is 20.8. The fourth-order valence-electron chi connectivity index (χ4n) is 2.30. The van der Waals surface area contributed by atoms with E-state index in [1.807, 2.05) is 18.2 Å². The molecule has 0 bridgehead atoms. The Morgan fingerprint density at radius 1 is 1.25 bits per heavy atom. The summed E-state index contributed by atoms with van der Waals surface area (Å²) >= 11 is 14.1. The molecule has 0 radical (unpaired) electrons. The minimum Gasteiger partial charge on any atom is -0.493 e. The van der Waals surface area contributed by atoms with Gasteiger partial charge in [-0.3, -0.25) is 4.79 Å². The molecule has 2 aromatic carbocycles.